The maximum absolute atomic E-state index is 5.37. The Hall–Kier alpha value is -0.970. The highest BCUT2D eigenvalue weighted by Crippen LogP contribution is 2.16. The van der Waals surface area contributed by atoms with Gasteiger partial charge in [-0.25, -0.2) is 0 Å². The second kappa shape index (κ2) is 7.33. The van der Waals surface area contributed by atoms with E-state index in [1.807, 2.05) is 12.1 Å². The van der Waals surface area contributed by atoms with Crippen molar-refractivity contribution in [3.8, 4) is 0 Å². The Morgan fingerprint density at radius 3 is 2.38 bits per heavy atom. The Morgan fingerprint density at radius 1 is 1.38 bits per heavy atom. The van der Waals surface area contributed by atoms with Gasteiger partial charge in [-0.15, -0.1) is 0 Å². The molecule has 90 valence electrons. The summed E-state index contributed by atoms with van der Waals surface area (Å²) >= 11 is 0. The topological polar surface area (TPSA) is 74.2 Å². The Kier molecular flexibility index (Phi) is 6.00. The van der Waals surface area contributed by atoms with Crippen LogP contribution in [-0.4, -0.2) is 24.2 Å². The predicted molar refractivity (Wildman–Crippen MR) is 64.7 cm³/mol. The summed E-state index contributed by atoms with van der Waals surface area (Å²) in [5.74, 6) is 0.726. The minimum absolute atomic E-state index is 0.352. The van der Waals surface area contributed by atoms with Gasteiger partial charge in [0.05, 0.1) is 6.10 Å². The van der Waals surface area contributed by atoms with E-state index in [4.69, 9.17) is 16.2 Å². The van der Waals surface area contributed by atoms with Crippen LogP contribution in [0.15, 0.2) is 24.5 Å². The Labute approximate surface area is 97.0 Å². The molecule has 0 amide bonds. The summed E-state index contributed by atoms with van der Waals surface area (Å²) in [4.78, 5) is 3.84. The molecule has 0 aliphatic carbocycles. The minimum atomic E-state index is 0.352. The van der Waals surface area contributed by atoms with Gasteiger partial charge in [0.1, 0.15) is 0 Å². The van der Waals surface area contributed by atoms with Gasteiger partial charge >= 0.3 is 0 Å². The van der Waals surface area contributed by atoms with Crippen LogP contribution in [0, 0.1) is 5.92 Å². The normalized spacial score (nSPS) is 23.7. The zero-order valence-corrected chi connectivity index (χ0v) is 9.80. The smallest absolute Gasteiger partial charge is 0.0700 e. The quantitative estimate of drug-likeness (QED) is 0.781. The molecule has 16 heavy (non-hydrogen) atoms. The molecular weight excluding hydrogens is 202 g/mol. The molecule has 0 bridgehead atoms. The molecule has 1 aromatic rings. The molecule has 1 fully saturated rings. The molecule has 2 atom stereocenters. The highest BCUT2D eigenvalue weighted by molar-refractivity contribution is 5.08. The third kappa shape index (κ3) is 4.70. The molecule has 4 heteroatoms. The van der Waals surface area contributed by atoms with Crippen molar-refractivity contribution in [1.82, 2.24) is 4.98 Å². The summed E-state index contributed by atoms with van der Waals surface area (Å²) in [6.07, 6.45) is 4.98. The van der Waals surface area contributed by atoms with Crippen molar-refractivity contribution in [3.63, 3.8) is 0 Å². The van der Waals surface area contributed by atoms with E-state index in [1.54, 1.807) is 12.4 Å². The lowest BCUT2D eigenvalue weighted by Crippen LogP contribution is -2.18. The molecule has 0 radical (unpaired) electrons. The molecule has 1 aliphatic rings. The summed E-state index contributed by atoms with van der Waals surface area (Å²) in [7, 11) is 0. The zero-order chi connectivity index (χ0) is 11.8. The number of hydrogen-bond acceptors (Lipinski definition) is 4. The molecule has 0 aromatic carbocycles. The van der Waals surface area contributed by atoms with Crippen molar-refractivity contribution in [2.75, 3.05) is 13.2 Å². The lowest BCUT2D eigenvalue weighted by molar-refractivity contribution is 0.113. The number of hydrogen-bond donors (Lipinski definition) is 2. The van der Waals surface area contributed by atoms with Crippen molar-refractivity contribution in [2.24, 2.45) is 17.4 Å². The van der Waals surface area contributed by atoms with Crippen LogP contribution in [0.3, 0.4) is 0 Å². The van der Waals surface area contributed by atoms with E-state index in [-0.39, 0.29) is 0 Å². The van der Waals surface area contributed by atoms with Crippen LogP contribution >= 0.6 is 0 Å². The maximum atomic E-state index is 5.37. The highest BCUT2D eigenvalue weighted by Gasteiger charge is 2.19. The van der Waals surface area contributed by atoms with Crippen LogP contribution in [0.1, 0.15) is 18.9 Å². The van der Waals surface area contributed by atoms with E-state index < -0.39 is 0 Å². The summed E-state index contributed by atoms with van der Waals surface area (Å²) in [6.45, 7) is 4.38. The summed E-state index contributed by atoms with van der Waals surface area (Å²) in [5, 5.41) is 0. The number of nitrogens with zero attached hydrogens (tertiary/aromatic N) is 1. The van der Waals surface area contributed by atoms with Gasteiger partial charge in [0, 0.05) is 32.1 Å². The first-order chi connectivity index (χ1) is 7.76. The molecule has 2 rings (SSSR count). The van der Waals surface area contributed by atoms with Crippen LogP contribution < -0.4 is 11.5 Å². The third-order valence-electron chi connectivity index (χ3n) is 2.53. The summed E-state index contributed by atoms with van der Waals surface area (Å²) in [5.41, 5.74) is 11.8. The average molecular weight is 223 g/mol. The summed E-state index contributed by atoms with van der Waals surface area (Å²) in [6, 6.07) is 3.81. The largest absolute Gasteiger partial charge is 0.377 e. The fourth-order valence-electron chi connectivity index (χ4n) is 1.57. The van der Waals surface area contributed by atoms with Crippen LogP contribution in [0.25, 0.3) is 0 Å². The van der Waals surface area contributed by atoms with Crippen LogP contribution in [-0.2, 0) is 11.3 Å². The van der Waals surface area contributed by atoms with Gasteiger partial charge in [-0.05, 0) is 30.0 Å². The maximum Gasteiger partial charge on any atom is 0.0700 e. The van der Waals surface area contributed by atoms with Crippen LogP contribution in [0.5, 0.6) is 0 Å². The van der Waals surface area contributed by atoms with Crippen LogP contribution in [0.2, 0.25) is 0 Å². The van der Waals surface area contributed by atoms with E-state index >= 15 is 0 Å². The summed E-state index contributed by atoms with van der Waals surface area (Å²) < 4.78 is 5.29. The molecule has 2 heterocycles. The van der Waals surface area contributed by atoms with Gasteiger partial charge in [-0.2, -0.15) is 0 Å². The van der Waals surface area contributed by atoms with Crippen molar-refractivity contribution < 1.29 is 4.74 Å². The standard InChI is InChI=1S/C6H8N2.C6H13NO/c7-5-6-1-3-8-4-2-6;1-5-2-6(3-7)8-4-5/h1-4H,5,7H2;5-6H,2-4,7H2,1H3. The number of ether oxygens (including phenoxy) is 1. The van der Waals surface area contributed by atoms with Crippen molar-refractivity contribution in [1.29, 1.82) is 0 Å². The third-order valence-corrected chi connectivity index (χ3v) is 2.53. The molecule has 1 saturated heterocycles. The fraction of sp³-hybridized carbons (Fsp3) is 0.583. The molecule has 4 nitrogen and oxygen atoms in total. The molecule has 0 spiro atoms. The first-order valence-electron chi connectivity index (χ1n) is 5.67. The second-order valence-corrected chi connectivity index (χ2v) is 4.09. The molecule has 2 unspecified atom stereocenters. The molecular formula is C12H21N3O. The number of rotatable bonds is 2. The van der Waals surface area contributed by atoms with E-state index in [0.717, 1.165) is 24.5 Å². The number of pyridine rings is 1. The van der Waals surface area contributed by atoms with Gasteiger partial charge in [0.2, 0.25) is 0 Å². The fourth-order valence-corrected chi connectivity index (χ4v) is 1.57. The second-order valence-electron chi connectivity index (χ2n) is 4.09. The predicted octanol–water partition coefficient (Wildman–Crippen LogP) is 0.910. The van der Waals surface area contributed by atoms with E-state index in [2.05, 4.69) is 11.9 Å². The highest BCUT2D eigenvalue weighted by atomic mass is 16.5. The van der Waals surface area contributed by atoms with E-state index in [0.29, 0.717) is 19.2 Å². The Morgan fingerprint density at radius 2 is 2.06 bits per heavy atom. The zero-order valence-electron chi connectivity index (χ0n) is 9.80. The van der Waals surface area contributed by atoms with Gasteiger partial charge in [-0.1, -0.05) is 6.92 Å². The van der Waals surface area contributed by atoms with Crippen molar-refractivity contribution in [2.45, 2.75) is 26.0 Å². The van der Waals surface area contributed by atoms with E-state index in [1.165, 1.54) is 0 Å². The molecule has 4 N–H and O–H groups in total. The molecule has 1 aliphatic heterocycles. The van der Waals surface area contributed by atoms with Crippen LogP contribution in [0.4, 0.5) is 0 Å². The van der Waals surface area contributed by atoms with Crippen molar-refractivity contribution in [3.05, 3.63) is 30.1 Å². The molecule has 1 aromatic heterocycles. The minimum Gasteiger partial charge on any atom is -0.377 e. The number of nitrogens with two attached hydrogens (primary N) is 2. The SMILES string of the molecule is CC1COC(CN)C1.NCc1ccncc1. The van der Waals surface area contributed by atoms with Gasteiger partial charge in [0.15, 0.2) is 0 Å². The average Bonchev–Trinajstić information content (AvgIpc) is 2.77. The first-order valence-corrected chi connectivity index (χ1v) is 5.67. The lowest BCUT2D eigenvalue weighted by atomic mass is 10.1. The molecule has 0 saturated carbocycles. The Balaban J connectivity index is 0.000000160. The lowest BCUT2D eigenvalue weighted by Gasteiger charge is -2.01. The van der Waals surface area contributed by atoms with Gasteiger partial charge < -0.3 is 16.2 Å². The number of aromatic nitrogens is 1. The van der Waals surface area contributed by atoms with Gasteiger partial charge in [-0.3, -0.25) is 4.98 Å². The van der Waals surface area contributed by atoms with E-state index in [9.17, 15) is 0 Å². The monoisotopic (exact) mass is 223 g/mol. The van der Waals surface area contributed by atoms with Gasteiger partial charge in [0.25, 0.3) is 0 Å². The first kappa shape index (κ1) is 13.1. The Bertz CT molecular complexity index is 279. The van der Waals surface area contributed by atoms with Crippen molar-refractivity contribution >= 4 is 0 Å².